The van der Waals surface area contributed by atoms with Crippen molar-refractivity contribution in [2.45, 2.75) is 17.9 Å². The summed E-state index contributed by atoms with van der Waals surface area (Å²) in [6, 6.07) is 6.02. The van der Waals surface area contributed by atoms with Crippen LogP contribution in [0.3, 0.4) is 0 Å². The van der Waals surface area contributed by atoms with Gasteiger partial charge in [-0.3, -0.25) is 4.79 Å². The summed E-state index contributed by atoms with van der Waals surface area (Å²) in [5.41, 5.74) is 0. The molecule has 1 amide bonds. The summed E-state index contributed by atoms with van der Waals surface area (Å²) in [5.74, 6) is -0.0541. The van der Waals surface area contributed by atoms with E-state index in [-0.39, 0.29) is 17.5 Å². The van der Waals surface area contributed by atoms with Crippen molar-refractivity contribution in [3.05, 3.63) is 30.1 Å². The molecule has 0 heterocycles. The van der Waals surface area contributed by atoms with Crippen LogP contribution in [0.4, 0.5) is 4.39 Å². The monoisotopic (exact) mass is 257 g/mol. The quantitative estimate of drug-likeness (QED) is 0.817. The second-order valence-electron chi connectivity index (χ2n) is 3.87. The Morgan fingerprint density at radius 3 is 2.59 bits per heavy atom. The first-order valence-electron chi connectivity index (χ1n) is 5.29. The van der Waals surface area contributed by atoms with E-state index in [1.807, 2.05) is 0 Å². The van der Waals surface area contributed by atoms with Gasteiger partial charge < -0.3 is 10.0 Å². The Hall–Kier alpha value is -1.07. The van der Waals surface area contributed by atoms with Crippen LogP contribution < -0.4 is 0 Å². The van der Waals surface area contributed by atoms with E-state index in [2.05, 4.69) is 0 Å². The van der Waals surface area contributed by atoms with Crippen molar-refractivity contribution in [3.8, 4) is 0 Å². The number of benzene rings is 1. The zero-order valence-electron chi connectivity index (χ0n) is 9.89. The molecule has 0 bridgehead atoms. The van der Waals surface area contributed by atoms with Crippen molar-refractivity contribution in [2.24, 2.45) is 0 Å². The Labute approximate surface area is 105 Å². The number of rotatable bonds is 5. The van der Waals surface area contributed by atoms with Crippen LogP contribution in [0.2, 0.25) is 0 Å². The second-order valence-corrected chi connectivity index (χ2v) is 4.91. The fourth-order valence-electron chi connectivity index (χ4n) is 1.28. The van der Waals surface area contributed by atoms with Gasteiger partial charge in [-0.15, -0.1) is 11.8 Å². The largest absolute Gasteiger partial charge is 0.392 e. The van der Waals surface area contributed by atoms with Crippen LogP contribution in [0.5, 0.6) is 0 Å². The maximum absolute atomic E-state index is 12.6. The van der Waals surface area contributed by atoms with Gasteiger partial charge in [0.25, 0.3) is 0 Å². The summed E-state index contributed by atoms with van der Waals surface area (Å²) in [4.78, 5) is 14.0. The van der Waals surface area contributed by atoms with Crippen molar-refractivity contribution < 1.29 is 14.3 Å². The third-order valence-corrected chi connectivity index (χ3v) is 3.14. The predicted octanol–water partition coefficient (Wildman–Crippen LogP) is 1.76. The minimum absolute atomic E-state index is 0.0553. The number of hydrogen-bond acceptors (Lipinski definition) is 3. The fourth-order valence-corrected chi connectivity index (χ4v) is 2.12. The lowest BCUT2D eigenvalue weighted by molar-refractivity contribution is -0.128. The van der Waals surface area contributed by atoms with E-state index in [1.165, 1.54) is 28.8 Å². The van der Waals surface area contributed by atoms with E-state index in [4.69, 9.17) is 5.11 Å². The van der Waals surface area contributed by atoms with Crippen LogP contribution in [0.1, 0.15) is 6.92 Å². The minimum atomic E-state index is -0.528. The molecule has 0 aliphatic heterocycles. The third-order valence-electron chi connectivity index (χ3n) is 2.14. The molecule has 1 N–H and O–H groups in total. The van der Waals surface area contributed by atoms with E-state index in [0.717, 1.165) is 4.90 Å². The number of aliphatic hydroxyl groups excluding tert-OH is 1. The number of hydrogen-bond donors (Lipinski definition) is 1. The lowest BCUT2D eigenvalue weighted by atomic mass is 10.3. The molecule has 17 heavy (non-hydrogen) atoms. The maximum Gasteiger partial charge on any atom is 0.232 e. The molecule has 94 valence electrons. The molecule has 0 aliphatic rings. The summed E-state index contributed by atoms with van der Waals surface area (Å²) in [5, 5.41) is 9.15. The van der Waals surface area contributed by atoms with Gasteiger partial charge in [-0.2, -0.15) is 0 Å². The second kappa shape index (κ2) is 6.61. The van der Waals surface area contributed by atoms with Crippen LogP contribution in [0.25, 0.3) is 0 Å². The maximum atomic E-state index is 12.6. The Bertz CT molecular complexity index is 367. The number of amides is 1. The number of nitrogens with zero attached hydrogens (tertiary/aromatic N) is 1. The Morgan fingerprint density at radius 2 is 2.06 bits per heavy atom. The van der Waals surface area contributed by atoms with Crippen molar-refractivity contribution in [2.75, 3.05) is 19.3 Å². The third kappa shape index (κ3) is 5.19. The molecule has 1 aromatic carbocycles. The molecular formula is C12H16FNO2S. The molecule has 5 heteroatoms. The normalized spacial score (nSPS) is 12.2. The van der Waals surface area contributed by atoms with Crippen molar-refractivity contribution in [1.82, 2.24) is 4.90 Å². The molecule has 0 radical (unpaired) electrons. The molecule has 0 aliphatic carbocycles. The number of carbonyl (C=O) groups is 1. The first-order valence-corrected chi connectivity index (χ1v) is 6.28. The highest BCUT2D eigenvalue weighted by atomic mass is 32.2. The summed E-state index contributed by atoms with van der Waals surface area (Å²) in [6.45, 7) is 1.96. The Balaban J connectivity index is 2.40. The first kappa shape index (κ1) is 14.0. The van der Waals surface area contributed by atoms with Gasteiger partial charge >= 0.3 is 0 Å². The van der Waals surface area contributed by atoms with Gasteiger partial charge in [-0.05, 0) is 31.2 Å². The molecule has 1 rings (SSSR count). The Morgan fingerprint density at radius 1 is 1.47 bits per heavy atom. The molecule has 1 unspecified atom stereocenters. The van der Waals surface area contributed by atoms with Crippen molar-refractivity contribution in [3.63, 3.8) is 0 Å². The van der Waals surface area contributed by atoms with E-state index < -0.39 is 6.10 Å². The van der Waals surface area contributed by atoms with E-state index in [0.29, 0.717) is 6.54 Å². The van der Waals surface area contributed by atoms with Gasteiger partial charge in [-0.1, -0.05) is 0 Å². The summed E-state index contributed by atoms with van der Waals surface area (Å²) in [6.07, 6.45) is -0.528. The number of halogens is 1. The molecule has 1 atom stereocenters. The number of thioether (sulfide) groups is 1. The standard InChI is InChI=1S/C12H16FNO2S/c1-9(15)7-14(2)12(16)8-17-11-5-3-10(13)4-6-11/h3-6,9,15H,7-8H2,1-2H3. The zero-order chi connectivity index (χ0) is 12.8. The van der Waals surface area contributed by atoms with Gasteiger partial charge in [0.2, 0.25) is 5.91 Å². The first-order chi connectivity index (χ1) is 7.99. The fraction of sp³-hybridized carbons (Fsp3) is 0.417. The van der Waals surface area contributed by atoms with Crippen LogP contribution >= 0.6 is 11.8 Å². The average molecular weight is 257 g/mol. The molecule has 1 aromatic rings. The lowest BCUT2D eigenvalue weighted by Crippen LogP contribution is -2.34. The topological polar surface area (TPSA) is 40.5 Å². The smallest absolute Gasteiger partial charge is 0.232 e. The summed E-state index contributed by atoms with van der Waals surface area (Å²) in [7, 11) is 1.65. The number of carbonyl (C=O) groups excluding carboxylic acids is 1. The number of aliphatic hydroxyl groups is 1. The van der Waals surface area contributed by atoms with E-state index in [9.17, 15) is 9.18 Å². The molecule has 0 aromatic heterocycles. The van der Waals surface area contributed by atoms with Crippen LogP contribution in [0.15, 0.2) is 29.2 Å². The average Bonchev–Trinajstić information content (AvgIpc) is 2.27. The van der Waals surface area contributed by atoms with Crippen LogP contribution in [0, 0.1) is 5.82 Å². The SMILES string of the molecule is CC(O)CN(C)C(=O)CSc1ccc(F)cc1. The zero-order valence-corrected chi connectivity index (χ0v) is 10.7. The van der Waals surface area contributed by atoms with E-state index in [1.54, 1.807) is 26.1 Å². The molecular weight excluding hydrogens is 241 g/mol. The molecule has 0 fully saturated rings. The summed E-state index contributed by atoms with van der Waals surface area (Å²) < 4.78 is 12.6. The molecule has 0 spiro atoms. The van der Waals surface area contributed by atoms with Crippen LogP contribution in [-0.2, 0) is 4.79 Å². The predicted molar refractivity (Wildman–Crippen MR) is 66.4 cm³/mol. The van der Waals surface area contributed by atoms with E-state index >= 15 is 0 Å². The molecule has 0 saturated carbocycles. The highest BCUT2D eigenvalue weighted by Gasteiger charge is 2.11. The minimum Gasteiger partial charge on any atom is -0.392 e. The summed E-state index contributed by atoms with van der Waals surface area (Å²) >= 11 is 1.35. The number of likely N-dealkylation sites (N-methyl/N-ethyl adjacent to an activating group) is 1. The van der Waals surface area contributed by atoms with Crippen molar-refractivity contribution >= 4 is 17.7 Å². The highest BCUT2D eigenvalue weighted by molar-refractivity contribution is 8.00. The van der Waals surface area contributed by atoms with Gasteiger partial charge in [0.15, 0.2) is 0 Å². The van der Waals surface area contributed by atoms with Crippen LogP contribution in [-0.4, -0.2) is 41.4 Å². The van der Waals surface area contributed by atoms with Gasteiger partial charge in [0.1, 0.15) is 5.82 Å². The van der Waals surface area contributed by atoms with Crippen molar-refractivity contribution in [1.29, 1.82) is 0 Å². The highest BCUT2D eigenvalue weighted by Crippen LogP contribution is 2.18. The Kier molecular flexibility index (Phi) is 5.44. The molecule has 3 nitrogen and oxygen atoms in total. The van der Waals surface area contributed by atoms with Gasteiger partial charge in [-0.25, -0.2) is 4.39 Å². The lowest BCUT2D eigenvalue weighted by Gasteiger charge is -2.18. The van der Waals surface area contributed by atoms with Gasteiger partial charge in [0.05, 0.1) is 11.9 Å². The van der Waals surface area contributed by atoms with Gasteiger partial charge in [0, 0.05) is 18.5 Å². The molecule has 0 saturated heterocycles.